The van der Waals surface area contributed by atoms with Gasteiger partial charge in [-0.3, -0.25) is 9.69 Å². The number of benzene rings is 2. The van der Waals surface area contributed by atoms with Gasteiger partial charge in [-0.25, -0.2) is 17.6 Å². The van der Waals surface area contributed by atoms with E-state index in [1.165, 1.54) is 24.3 Å². The summed E-state index contributed by atoms with van der Waals surface area (Å²) in [6, 6.07) is 6.26. The van der Waals surface area contributed by atoms with Crippen LogP contribution in [0.4, 0.5) is 17.6 Å². The van der Waals surface area contributed by atoms with E-state index >= 15 is 0 Å². The first kappa shape index (κ1) is 19.0. The summed E-state index contributed by atoms with van der Waals surface area (Å²) in [5, 5.41) is 0. The van der Waals surface area contributed by atoms with Crippen LogP contribution >= 0.6 is 0 Å². The molecule has 1 aliphatic rings. The Kier molecular flexibility index (Phi) is 5.56. The highest BCUT2D eigenvalue weighted by Gasteiger charge is 2.25. The number of rotatable bonds is 3. The van der Waals surface area contributed by atoms with Gasteiger partial charge in [-0.05, 0) is 43.0 Å². The Morgan fingerprint density at radius 1 is 0.852 bits per heavy atom. The number of piperidine rings is 1. The summed E-state index contributed by atoms with van der Waals surface area (Å²) in [5.74, 6) is -3.27. The van der Waals surface area contributed by atoms with Crippen molar-refractivity contribution in [1.29, 1.82) is 0 Å². The monoisotopic (exact) mass is 375 g/mol. The van der Waals surface area contributed by atoms with Crippen LogP contribution in [0.1, 0.15) is 18.1 Å². The number of hydrogen-bond acceptors (Lipinski definition) is 2. The number of Topliss-reactive ketones (excluding diaryl/α,β-unsaturated/α-hetero) is 1. The molecule has 1 aliphatic heterocycles. The first-order valence-electron chi connectivity index (χ1n) is 8.45. The standard InChI is InChI=1S/C21H17F4NO/c1-2-26-11-15(7-13-3-5-17(22)9-19(13)24)21(27)16(12-26)8-14-4-6-18(23)10-20(14)25/h3-10H,2,11-12H2,1H3/b15-7+,16-8+. The van der Waals surface area contributed by atoms with Crippen molar-refractivity contribution < 1.29 is 22.4 Å². The van der Waals surface area contributed by atoms with Crippen LogP contribution < -0.4 is 0 Å². The number of likely N-dealkylation sites (N-methyl/N-ethyl adjacent to an activating group) is 1. The Labute approximate surface area is 154 Å². The fourth-order valence-electron chi connectivity index (χ4n) is 2.95. The quantitative estimate of drug-likeness (QED) is 0.577. The second-order valence-corrected chi connectivity index (χ2v) is 6.30. The van der Waals surface area contributed by atoms with Gasteiger partial charge >= 0.3 is 0 Å². The molecule has 0 atom stereocenters. The van der Waals surface area contributed by atoms with Gasteiger partial charge in [-0.2, -0.15) is 0 Å². The number of halogens is 4. The first-order valence-corrected chi connectivity index (χ1v) is 8.45. The summed E-state index contributed by atoms with van der Waals surface area (Å²) in [6.45, 7) is 3.13. The fraction of sp³-hybridized carbons (Fsp3) is 0.190. The minimum Gasteiger partial charge on any atom is -0.295 e. The molecular formula is C21H17F4NO. The van der Waals surface area contributed by atoms with E-state index in [1.807, 2.05) is 11.8 Å². The van der Waals surface area contributed by atoms with E-state index in [0.717, 1.165) is 24.3 Å². The molecule has 0 aromatic heterocycles. The van der Waals surface area contributed by atoms with Crippen LogP contribution in [0.5, 0.6) is 0 Å². The SMILES string of the molecule is CCN1C/C(=C\c2ccc(F)cc2F)C(=O)/C(=C/c2ccc(F)cc2F)C1. The van der Waals surface area contributed by atoms with E-state index < -0.39 is 23.3 Å². The van der Waals surface area contributed by atoms with Crippen LogP contribution in [0.3, 0.4) is 0 Å². The van der Waals surface area contributed by atoms with Crippen LogP contribution in [-0.4, -0.2) is 30.3 Å². The Hall–Kier alpha value is -2.73. The molecule has 0 saturated carbocycles. The Bertz CT molecular complexity index is 876. The smallest absolute Gasteiger partial charge is 0.187 e. The maximum Gasteiger partial charge on any atom is 0.187 e. The number of carbonyl (C=O) groups is 1. The molecule has 0 bridgehead atoms. The highest BCUT2D eigenvalue weighted by Crippen LogP contribution is 2.24. The lowest BCUT2D eigenvalue weighted by Crippen LogP contribution is -2.37. The average molecular weight is 375 g/mol. The zero-order chi connectivity index (χ0) is 19.6. The van der Waals surface area contributed by atoms with Crippen molar-refractivity contribution in [2.75, 3.05) is 19.6 Å². The van der Waals surface area contributed by atoms with E-state index in [9.17, 15) is 22.4 Å². The molecule has 0 N–H and O–H groups in total. The summed E-state index contributed by atoms with van der Waals surface area (Å²) >= 11 is 0. The molecule has 2 aromatic rings. The second-order valence-electron chi connectivity index (χ2n) is 6.30. The predicted octanol–water partition coefficient (Wildman–Crippen LogP) is 4.61. The molecule has 2 nitrogen and oxygen atoms in total. The largest absolute Gasteiger partial charge is 0.295 e. The number of carbonyl (C=O) groups excluding carboxylic acids is 1. The maximum absolute atomic E-state index is 13.9. The molecule has 0 unspecified atom stereocenters. The zero-order valence-electron chi connectivity index (χ0n) is 14.6. The summed E-state index contributed by atoms with van der Waals surface area (Å²) < 4.78 is 54.0. The van der Waals surface area contributed by atoms with E-state index in [2.05, 4.69) is 0 Å². The lowest BCUT2D eigenvalue weighted by atomic mass is 9.94. The topological polar surface area (TPSA) is 20.3 Å². The number of likely N-dealkylation sites (tertiary alicyclic amines) is 1. The predicted molar refractivity (Wildman–Crippen MR) is 95.8 cm³/mol. The van der Waals surface area contributed by atoms with Crippen molar-refractivity contribution in [3.05, 3.63) is 81.9 Å². The Balaban J connectivity index is 2.00. The molecule has 1 heterocycles. The first-order chi connectivity index (χ1) is 12.9. The summed E-state index contributed by atoms with van der Waals surface area (Å²) in [5.41, 5.74) is 0.847. The Morgan fingerprint density at radius 2 is 1.30 bits per heavy atom. The molecule has 2 aromatic carbocycles. The molecule has 0 radical (unpaired) electrons. The third-order valence-electron chi connectivity index (χ3n) is 4.40. The molecule has 140 valence electrons. The fourth-order valence-corrected chi connectivity index (χ4v) is 2.95. The maximum atomic E-state index is 13.9. The average Bonchev–Trinajstić information content (AvgIpc) is 2.62. The van der Waals surface area contributed by atoms with Crippen molar-refractivity contribution >= 4 is 17.9 Å². The minimum atomic E-state index is -0.765. The summed E-state index contributed by atoms with van der Waals surface area (Å²) in [7, 11) is 0. The van der Waals surface area contributed by atoms with Crippen molar-refractivity contribution in [1.82, 2.24) is 4.90 Å². The van der Waals surface area contributed by atoms with E-state index in [4.69, 9.17) is 0 Å². The number of ketones is 1. The van der Waals surface area contributed by atoms with Crippen LogP contribution in [0, 0.1) is 23.3 Å². The van der Waals surface area contributed by atoms with E-state index in [1.54, 1.807) is 0 Å². The third-order valence-corrected chi connectivity index (χ3v) is 4.40. The van der Waals surface area contributed by atoms with Crippen LogP contribution in [-0.2, 0) is 4.79 Å². The summed E-state index contributed by atoms with van der Waals surface area (Å²) in [4.78, 5) is 14.7. The lowest BCUT2D eigenvalue weighted by molar-refractivity contribution is -0.113. The third kappa shape index (κ3) is 4.34. The van der Waals surface area contributed by atoms with Crippen LogP contribution in [0.2, 0.25) is 0 Å². The molecule has 0 amide bonds. The zero-order valence-corrected chi connectivity index (χ0v) is 14.6. The lowest BCUT2D eigenvalue weighted by Gasteiger charge is -2.28. The van der Waals surface area contributed by atoms with Crippen molar-refractivity contribution in [2.24, 2.45) is 0 Å². The molecule has 1 saturated heterocycles. The van der Waals surface area contributed by atoms with Crippen molar-refractivity contribution in [3.63, 3.8) is 0 Å². The van der Waals surface area contributed by atoms with Crippen LogP contribution in [0.15, 0.2) is 47.5 Å². The molecule has 6 heteroatoms. The molecule has 1 fully saturated rings. The van der Waals surface area contributed by atoms with Gasteiger partial charge in [0.2, 0.25) is 0 Å². The van der Waals surface area contributed by atoms with E-state index in [0.29, 0.717) is 30.8 Å². The number of nitrogens with zero attached hydrogens (tertiary/aromatic N) is 1. The normalized spacial score (nSPS) is 18.5. The summed E-state index contributed by atoms with van der Waals surface area (Å²) in [6.07, 6.45) is 2.77. The van der Waals surface area contributed by atoms with Gasteiger partial charge in [0.25, 0.3) is 0 Å². The highest BCUT2D eigenvalue weighted by molar-refractivity contribution is 6.14. The van der Waals surface area contributed by atoms with Gasteiger partial charge in [-0.1, -0.05) is 6.92 Å². The molecule has 0 aliphatic carbocycles. The van der Waals surface area contributed by atoms with Gasteiger partial charge in [0, 0.05) is 47.5 Å². The number of hydrogen-bond donors (Lipinski definition) is 0. The van der Waals surface area contributed by atoms with Gasteiger partial charge in [-0.15, -0.1) is 0 Å². The molecule has 3 rings (SSSR count). The van der Waals surface area contributed by atoms with Gasteiger partial charge < -0.3 is 0 Å². The van der Waals surface area contributed by atoms with Crippen molar-refractivity contribution in [2.45, 2.75) is 6.92 Å². The molecular weight excluding hydrogens is 358 g/mol. The van der Waals surface area contributed by atoms with Crippen molar-refractivity contribution in [3.8, 4) is 0 Å². The molecule has 27 heavy (non-hydrogen) atoms. The van der Waals surface area contributed by atoms with E-state index in [-0.39, 0.29) is 16.9 Å². The van der Waals surface area contributed by atoms with Gasteiger partial charge in [0.15, 0.2) is 5.78 Å². The minimum absolute atomic E-state index is 0.102. The van der Waals surface area contributed by atoms with Crippen LogP contribution in [0.25, 0.3) is 12.2 Å². The highest BCUT2D eigenvalue weighted by atomic mass is 19.1. The molecule has 0 spiro atoms. The van der Waals surface area contributed by atoms with Gasteiger partial charge in [0.05, 0.1) is 0 Å². The Morgan fingerprint density at radius 3 is 1.67 bits per heavy atom. The second kappa shape index (κ2) is 7.88. The van der Waals surface area contributed by atoms with Gasteiger partial charge in [0.1, 0.15) is 23.3 Å².